The molecule has 1 aromatic heterocycles. The number of ether oxygens (including phenoxy) is 1. The average Bonchev–Trinajstić information content (AvgIpc) is 2.74. The molecule has 0 saturated carbocycles. The molecule has 0 radical (unpaired) electrons. The van der Waals surface area contributed by atoms with Gasteiger partial charge in [0.1, 0.15) is 4.21 Å². The summed E-state index contributed by atoms with van der Waals surface area (Å²) in [6.07, 6.45) is 0. The van der Waals surface area contributed by atoms with Gasteiger partial charge in [-0.05, 0) is 17.0 Å². The maximum Gasteiger partial charge on any atom is 0.252 e. The summed E-state index contributed by atoms with van der Waals surface area (Å²) in [7, 11) is -0.410. The molecule has 0 aromatic carbocycles. The molecule has 1 N–H and O–H groups in total. The summed E-state index contributed by atoms with van der Waals surface area (Å²) in [5.74, 6) is 0. The Labute approximate surface area is 99.3 Å². The molecule has 7 heteroatoms. The molecule has 5 nitrogen and oxygen atoms in total. The van der Waals surface area contributed by atoms with Crippen LogP contribution in [0.3, 0.4) is 0 Å². The molecule has 0 amide bonds. The third-order valence-corrected chi connectivity index (χ3v) is 5.41. The first-order valence-electron chi connectivity index (χ1n) is 4.66. The van der Waals surface area contributed by atoms with E-state index in [2.05, 4.69) is 0 Å². The van der Waals surface area contributed by atoms with E-state index in [1.54, 1.807) is 5.38 Å². The Bertz CT molecular complexity index is 426. The molecular formula is C9H15NO4S2. The van der Waals surface area contributed by atoms with Crippen molar-refractivity contribution in [1.29, 1.82) is 0 Å². The van der Waals surface area contributed by atoms with Crippen molar-refractivity contribution in [2.45, 2.75) is 10.8 Å². The number of sulfonamides is 1. The van der Waals surface area contributed by atoms with E-state index in [4.69, 9.17) is 9.84 Å². The minimum absolute atomic E-state index is 0.145. The van der Waals surface area contributed by atoms with E-state index < -0.39 is 10.0 Å². The van der Waals surface area contributed by atoms with Crippen LogP contribution in [0.1, 0.15) is 5.56 Å². The Morgan fingerprint density at radius 3 is 2.75 bits per heavy atom. The second kappa shape index (κ2) is 5.74. The molecule has 0 fully saturated rings. The highest BCUT2D eigenvalue weighted by Crippen LogP contribution is 2.22. The van der Waals surface area contributed by atoms with Gasteiger partial charge >= 0.3 is 0 Å². The molecule has 0 aliphatic carbocycles. The zero-order valence-corrected chi connectivity index (χ0v) is 10.8. The Hall–Kier alpha value is -0.470. The van der Waals surface area contributed by atoms with Gasteiger partial charge in [-0.25, -0.2) is 8.42 Å². The fourth-order valence-corrected chi connectivity index (χ4v) is 3.63. The number of thiophene rings is 1. The number of methoxy groups -OCH3 is 1. The van der Waals surface area contributed by atoms with Gasteiger partial charge in [0.15, 0.2) is 0 Å². The van der Waals surface area contributed by atoms with Gasteiger partial charge in [0.25, 0.3) is 10.0 Å². The lowest BCUT2D eigenvalue weighted by Gasteiger charge is -2.14. The van der Waals surface area contributed by atoms with Gasteiger partial charge < -0.3 is 9.84 Å². The third-order valence-electron chi connectivity index (χ3n) is 2.09. The Morgan fingerprint density at radius 1 is 1.56 bits per heavy atom. The molecule has 0 saturated heterocycles. The van der Waals surface area contributed by atoms with E-state index in [9.17, 15) is 8.42 Å². The summed E-state index contributed by atoms with van der Waals surface area (Å²) in [5, 5.41) is 10.5. The predicted molar refractivity (Wildman–Crippen MR) is 61.9 cm³/mol. The first-order valence-corrected chi connectivity index (χ1v) is 6.98. The Balaban J connectivity index is 2.84. The van der Waals surface area contributed by atoms with Crippen LogP contribution in [0.2, 0.25) is 0 Å². The van der Waals surface area contributed by atoms with Gasteiger partial charge in [-0.2, -0.15) is 4.31 Å². The molecule has 1 heterocycles. The van der Waals surface area contributed by atoms with Gasteiger partial charge in [0, 0.05) is 20.7 Å². The monoisotopic (exact) mass is 265 g/mol. The molecule has 1 aromatic rings. The first-order chi connectivity index (χ1) is 7.52. The molecule has 0 aliphatic heterocycles. The van der Waals surface area contributed by atoms with E-state index in [0.29, 0.717) is 18.7 Å². The molecular weight excluding hydrogens is 250 g/mol. The van der Waals surface area contributed by atoms with E-state index in [1.807, 2.05) is 0 Å². The minimum atomic E-state index is -3.44. The predicted octanol–water partition coefficient (Wildman–Crippen LogP) is 0.507. The highest BCUT2D eigenvalue weighted by atomic mass is 32.2. The van der Waals surface area contributed by atoms with Crippen LogP contribution >= 0.6 is 11.3 Å². The average molecular weight is 265 g/mol. The lowest BCUT2D eigenvalue weighted by atomic mass is 10.4. The number of hydrogen-bond acceptors (Lipinski definition) is 5. The maximum absolute atomic E-state index is 12.0. The van der Waals surface area contributed by atoms with Gasteiger partial charge in [-0.3, -0.25) is 0 Å². The van der Waals surface area contributed by atoms with Crippen molar-refractivity contribution in [1.82, 2.24) is 4.31 Å². The maximum atomic E-state index is 12.0. The number of likely N-dealkylation sites (N-methyl/N-ethyl adjacent to an activating group) is 1. The number of hydrogen-bond donors (Lipinski definition) is 1. The van der Waals surface area contributed by atoms with E-state index >= 15 is 0 Å². The Kier molecular flexibility index (Phi) is 4.88. The quantitative estimate of drug-likeness (QED) is 0.813. The molecule has 0 unspecified atom stereocenters. The number of aliphatic hydroxyl groups excluding tert-OH is 1. The first kappa shape index (κ1) is 13.6. The van der Waals surface area contributed by atoms with Gasteiger partial charge in [0.05, 0.1) is 13.2 Å². The smallest absolute Gasteiger partial charge is 0.252 e. The van der Waals surface area contributed by atoms with Crippen molar-refractivity contribution >= 4 is 21.4 Å². The molecule has 0 spiro atoms. The molecule has 0 bridgehead atoms. The van der Waals surface area contributed by atoms with Crippen molar-refractivity contribution in [2.75, 3.05) is 27.3 Å². The second-order valence-electron chi connectivity index (χ2n) is 3.25. The van der Waals surface area contributed by atoms with Crippen LogP contribution in [-0.4, -0.2) is 45.1 Å². The number of rotatable bonds is 6. The highest BCUT2D eigenvalue weighted by molar-refractivity contribution is 7.91. The zero-order chi connectivity index (χ0) is 12.2. The van der Waals surface area contributed by atoms with Crippen molar-refractivity contribution in [3.8, 4) is 0 Å². The van der Waals surface area contributed by atoms with Gasteiger partial charge in [-0.1, -0.05) is 0 Å². The highest BCUT2D eigenvalue weighted by Gasteiger charge is 2.22. The molecule has 92 valence electrons. The topological polar surface area (TPSA) is 66.8 Å². The van der Waals surface area contributed by atoms with Crippen LogP contribution in [0.25, 0.3) is 0 Å². The third kappa shape index (κ3) is 3.02. The van der Waals surface area contributed by atoms with Crippen LogP contribution in [0.15, 0.2) is 15.7 Å². The van der Waals surface area contributed by atoms with Crippen LogP contribution in [0.4, 0.5) is 0 Å². The van der Waals surface area contributed by atoms with E-state index in [1.165, 1.54) is 24.5 Å². The summed E-state index contributed by atoms with van der Waals surface area (Å²) in [6.45, 7) is 0.521. The van der Waals surface area contributed by atoms with E-state index in [0.717, 1.165) is 11.3 Å². The number of nitrogens with zero attached hydrogens (tertiary/aromatic N) is 1. The van der Waals surface area contributed by atoms with Crippen LogP contribution < -0.4 is 0 Å². The van der Waals surface area contributed by atoms with Crippen LogP contribution in [0, 0.1) is 0 Å². The number of aliphatic hydroxyl groups is 1. The van der Waals surface area contributed by atoms with Crippen molar-refractivity contribution < 1.29 is 18.3 Å². The van der Waals surface area contributed by atoms with Crippen LogP contribution in [0.5, 0.6) is 0 Å². The minimum Gasteiger partial charge on any atom is -0.392 e. The summed E-state index contributed by atoms with van der Waals surface area (Å²) in [5.41, 5.74) is 0.615. The fourth-order valence-electron chi connectivity index (χ4n) is 1.06. The van der Waals surface area contributed by atoms with Crippen LogP contribution in [-0.2, 0) is 21.4 Å². The van der Waals surface area contributed by atoms with Gasteiger partial charge in [-0.15, -0.1) is 11.3 Å². The summed E-state index contributed by atoms with van der Waals surface area (Å²) < 4.78 is 30.2. The second-order valence-corrected chi connectivity index (χ2v) is 6.43. The lowest BCUT2D eigenvalue weighted by Crippen LogP contribution is -2.29. The summed E-state index contributed by atoms with van der Waals surface area (Å²) in [6, 6.07) is 1.49. The van der Waals surface area contributed by atoms with Gasteiger partial charge in [0.2, 0.25) is 0 Å². The fraction of sp³-hybridized carbons (Fsp3) is 0.556. The largest absolute Gasteiger partial charge is 0.392 e. The van der Waals surface area contributed by atoms with E-state index in [-0.39, 0.29) is 10.8 Å². The summed E-state index contributed by atoms with van der Waals surface area (Å²) in [4.78, 5) is 0. The van der Waals surface area contributed by atoms with Crippen molar-refractivity contribution in [2.24, 2.45) is 0 Å². The van der Waals surface area contributed by atoms with Crippen molar-refractivity contribution in [3.05, 3.63) is 17.0 Å². The zero-order valence-electron chi connectivity index (χ0n) is 9.21. The van der Waals surface area contributed by atoms with Crippen molar-refractivity contribution in [3.63, 3.8) is 0 Å². The Morgan fingerprint density at radius 2 is 2.25 bits per heavy atom. The molecule has 1 rings (SSSR count). The lowest BCUT2D eigenvalue weighted by molar-refractivity contribution is 0.185. The SMILES string of the molecule is COCCN(C)S(=O)(=O)c1cc(CO)cs1. The summed E-state index contributed by atoms with van der Waals surface area (Å²) >= 11 is 1.11. The molecule has 16 heavy (non-hydrogen) atoms. The molecule has 0 atom stereocenters. The molecule has 0 aliphatic rings. The standard InChI is InChI=1S/C9H15NO4S2/c1-10(3-4-14-2)16(12,13)9-5-8(6-11)7-15-9/h5,7,11H,3-4,6H2,1-2H3. The normalized spacial score (nSPS) is 12.2.